The normalized spacial score (nSPS) is 10.1. The van der Waals surface area contributed by atoms with E-state index in [1.807, 2.05) is 19.1 Å². The minimum absolute atomic E-state index is 0.105. The predicted octanol–water partition coefficient (Wildman–Crippen LogP) is 3.13. The Balaban J connectivity index is 2.23. The van der Waals surface area contributed by atoms with Crippen LogP contribution in [0.25, 0.3) is 0 Å². The Morgan fingerprint density at radius 2 is 2.11 bits per heavy atom. The number of esters is 1. The van der Waals surface area contributed by atoms with Crippen LogP contribution in [0, 0.1) is 6.92 Å². The molecule has 0 saturated carbocycles. The van der Waals surface area contributed by atoms with Crippen molar-refractivity contribution in [3.63, 3.8) is 0 Å². The molecule has 0 aliphatic carbocycles. The molecule has 5 nitrogen and oxygen atoms in total. The number of aromatic nitrogens is 2. The highest BCUT2D eigenvalue weighted by molar-refractivity contribution is 9.10. The van der Waals surface area contributed by atoms with E-state index < -0.39 is 5.97 Å². The smallest absolute Gasteiger partial charge is 0.358 e. The van der Waals surface area contributed by atoms with Gasteiger partial charge in [0.15, 0.2) is 5.69 Å². The minimum Gasteiger partial charge on any atom is -0.464 e. The molecule has 0 amide bonds. The quantitative estimate of drug-likeness (QED) is 0.812. The van der Waals surface area contributed by atoms with Gasteiger partial charge < -0.3 is 9.47 Å². The third-order valence-corrected chi connectivity index (χ3v) is 3.25. The molecule has 19 heavy (non-hydrogen) atoms. The molecule has 1 heterocycles. The summed E-state index contributed by atoms with van der Waals surface area (Å²) in [6.07, 6.45) is 2.76. The third kappa shape index (κ3) is 3.29. The van der Waals surface area contributed by atoms with Crippen molar-refractivity contribution in [2.45, 2.75) is 6.92 Å². The fourth-order valence-corrected chi connectivity index (χ4v) is 1.65. The molecule has 0 radical (unpaired) electrons. The van der Waals surface area contributed by atoms with Crippen molar-refractivity contribution >= 4 is 21.9 Å². The highest BCUT2D eigenvalue weighted by Gasteiger charge is 2.09. The first-order chi connectivity index (χ1) is 9.10. The number of hydrogen-bond donors (Lipinski definition) is 0. The lowest BCUT2D eigenvalue weighted by atomic mass is 10.2. The Kier molecular flexibility index (Phi) is 4.11. The number of carbonyl (C=O) groups is 1. The van der Waals surface area contributed by atoms with Crippen molar-refractivity contribution in [1.29, 1.82) is 0 Å². The molecule has 2 rings (SSSR count). The molecular weight excluding hydrogens is 312 g/mol. The van der Waals surface area contributed by atoms with Gasteiger partial charge in [-0.25, -0.2) is 9.78 Å². The molecule has 0 saturated heterocycles. The number of nitrogens with zero attached hydrogens (tertiary/aromatic N) is 2. The van der Waals surface area contributed by atoms with Crippen LogP contribution in [0.15, 0.2) is 35.1 Å². The molecule has 0 fully saturated rings. The van der Waals surface area contributed by atoms with E-state index in [2.05, 4.69) is 30.6 Å². The average molecular weight is 323 g/mol. The van der Waals surface area contributed by atoms with Gasteiger partial charge in [0, 0.05) is 4.47 Å². The second-order valence-corrected chi connectivity index (χ2v) is 4.60. The molecule has 0 bridgehead atoms. The number of hydrogen-bond acceptors (Lipinski definition) is 5. The molecule has 6 heteroatoms. The van der Waals surface area contributed by atoms with Crippen LogP contribution in [0.1, 0.15) is 16.1 Å². The predicted molar refractivity (Wildman–Crippen MR) is 72.3 cm³/mol. The molecule has 1 aromatic heterocycles. The summed E-state index contributed by atoms with van der Waals surface area (Å²) in [6.45, 7) is 1.95. The Bertz CT molecular complexity index is 617. The summed E-state index contributed by atoms with van der Waals surface area (Å²) in [5.74, 6) is 0.312. The van der Waals surface area contributed by atoms with Crippen LogP contribution in [0.2, 0.25) is 0 Å². The Morgan fingerprint density at radius 3 is 2.79 bits per heavy atom. The monoisotopic (exact) mass is 322 g/mol. The SMILES string of the molecule is COC(=O)c1cncc(Oc2ccc(Br)c(C)c2)n1. The van der Waals surface area contributed by atoms with E-state index in [-0.39, 0.29) is 11.6 Å². The second kappa shape index (κ2) is 5.79. The number of carbonyl (C=O) groups excluding carboxylic acids is 1. The third-order valence-electron chi connectivity index (χ3n) is 2.36. The van der Waals surface area contributed by atoms with Crippen LogP contribution < -0.4 is 4.74 Å². The van der Waals surface area contributed by atoms with Crippen molar-refractivity contribution in [3.8, 4) is 11.6 Å². The topological polar surface area (TPSA) is 61.3 Å². The van der Waals surface area contributed by atoms with Crippen LogP contribution in [0.4, 0.5) is 0 Å². The lowest BCUT2D eigenvalue weighted by Crippen LogP contribution is -2.05. The largest absolute Gasteiger partial charge is 0.464 e. The number of halogens is 1. The summed E-state index contributed by atoms with van der Waals surface area (Å²) in [5, 5.41) is 0. The van der Waals surface area contributed by atoms with Crippen molar-refractivity contribution in [1.82, 2.24) is 9.97 Å². The number of ether oxygens (including phenoxy) is 2. The van der Waals surface area contributed by atoms with Gasteiger partial charge in [0.1, 0.15) is 5.75 Å². The zero-order chi connectivity index (χ0) is 13.8. The Hall–Kier alpha value is -1.95. The van der Waals surface area contributed by atoms with Gasteiger partial charge in [0.05, 0.1) is 19.5 Å². The van der Waals surface area contributed by atoms with Gasteiger partial charge in [-0.05, 0) is 30.7 Å². The molecule has 0 N–H and O–H groups in total. The van der Waals surface area contributed by atoms with E-state index in [1.54, 1.807) is 6.07 Å². The first-order valence-electron chi connectivity index (χ1n) is 5.44. The van der Waals surface area contributed by atoms with Gasteiger partial charge in [-0.1, -0.05) is 15.9 Å². The van der Waals surface area contributed by atoms with Crippen molar-refractivity contribution in [3.05, 3.63) is 46.3 Å². The summed E-state index contributed by atoms with van der Waals surface area (Å²) in [4.78, 5) is 19.2. The molecule has 2 aromatic rings. The maximum atomic E-state index is 11.3. The molecular formula is C13H11BrN2O3. The number of methoxy groups -OCH3 is 1. The minimum atomic E-state index is -0.551. The second-order valence-electron chi connectivity index (χ2n) is 3.75. The average Bonchev–Trinajstić information content (AvgIpc) is 2.42. The number of aryl methyl sites for hydroxylation is 1. The van der Waals surface area contributed by atoms with E-state index in [0.29, 0.717) is 5.75 Å². The standard InChI is InChI=1S/C13H11BrN2O3/c1-8-5-9(3-4-10(8)14)19-12-7-15-6-11(16-12)13(17)18-2/h3-7H,1-2H3. The van der Waals surface area contributed by atoms with Crippen LogP contribution >= 0.6 is 15.9 Å². The summed E-state index contributed by atoms with van der Waals surface area (Å²) in [7, 11) is 1.29. The lowest BCUT2D eigenvalue weighted by molar-refractivity contribution is 0.0592. The zero-order valence-corrected chi connectivity index (χ0v) is 12.0. The Labute approximate surface area is 118 Å². The molecule has 0 atom stereocenters. The van der Waals surface area contributed by atoms with Gasteiger partial charge >= 0.3 is 5.97 Å². The van der Waals surface area contributed by atoms with Gasteiger partial charge in [-0.15, -0.1) is 0 Å². The molecule has 0 spiro atoms. The van der Waals surface area contributed by atoms with Crippen molar-refractivity contribution in [2.75, 3.05) is 7.11 Å². The van der Waals surface area contributed by atoms with Gasteiger partial charge in [0.2, 0.25) is 5.88 Å². The van der Waals surface area contributed by atoms with Crippen LogP contribution in [-0.4, -0.2) is 23.0 Å². The highest BCUT2D eigenvalue weighted by Crippen LogP contribution is 2.24. The van der Waals surface area contributed by atoms with E-state index >= 15 is 0 Å². The summed E-state index contributed by atoms with van der Waals surface area (Å²) in [6, 6.07) is 5.53. The maximum absolute atomic E-state index is 11.3. The number of rotatable bonds is 3. The summed E-state index contributed by atoms with van der Waals surface area (Å²) in [5.41, 5.74) is 1.14. The van der Waals surface area contributed by atoms with E-state index in [0.717, 1.165) is 10.0 Å². The molecule has 1 aromatic carbocycles. The van der Waals surface area contributed by atoms with Crippen molar-refractivity contribution in [2.24, 2.45) is 0 Å². The maximum Gasteiger partial charge on any atom is 0.358 e. The molecule has 0 unspecified atom stereocenters. The van der Waals surface area contributed by atoms with Crippen LogP contribution in [0.3, 0.4) is 0 Å². The van der Waals surface area contributed by atoms with E-state index in [1.165, 1.54) is 19.5 Å². The van der Waals surface area contributed by atoms with Crippen LogP contribution in [0.5, 0.6) is 11.6 Å². The highest BCUT2D eigenvalue weighted by atomic mass is 79.9. The fraction of sp³-hybridized carbons (Fsp3) is 0.154. The first kappa shape index (κ1) is 13.5. The summed E-state index contributed by atoms with van der Waals surface area (Å²) < 4.78 is 11.1. The molecule has 0 aliphatic heterocycles. The van der Waals surface area contributed by atoms with E-state index in [4.69, 9.17) is 4.74 Å². The Morgan fingerprint density at radius 1 is 1.32 bits per heavy atom. The molecule has 0 aliphatic rings. The van der Waals surface area contributed by atoms with Gasteiger partial charge in [0.25, 0.3) is 0 Å². The van der Waals surface area contributed by atoms with Crippen molar-refractivity contribution < 1.29 is 14.3 Å². The number of benzene rings is 1. The summed E-state index contributed by atoms with van der Waals surface area (Å²) >= 11 is 3.41. The first-order valence-corrected chi connectivity index (χ1v) is 6.24. The fourth-order valence-electron chi connectivity index (χ4n) is 1.40. The van der Waals surface area contributed by atoms with Crippen LogP contribution in [-0.2, 0) is 4.74 Å². The van der Waals surface area contributed by atoms with Gasteiger partial charge in [-0.3, -0.25) is 4.98 Å². The lowest BCUT2D eigenvalue weighted by Gasteiger charge is -2.07. The molecule has 98 valence electrons. The zero-order valence-electron chi connectivity index (χ0n) is 10.4. The van der Waals surface area contributed by atoms with Gasteiger partial charge in [-0.2, -0.15) is 0 Å². The van der Waals surface area contributed by atoms with E-state index in [9.17, 15) is 4.79 Å².